The van der Waals surface area contributed by atoms with Crippen LogP contribution in [-0.4, -0.2) is 96.7 Å². The zero-order valence-electron chi connectivity index (χ0n) is 55.9. The van der Waals surface area contributed by atoms with Crippen molar-refractivity contribution in [2.45, 2.75) is 343 Å². The summed E-state index contributed by atoms with van der Waals surface area (Å²) in [6.45, 7) is 14.0. The average Bonchev–Trinajstić information content (AvgIpc) is 3.63. The van der Waals surface area contributed by atoms with Crippen molar-refractivity contribution in [3.8, 4) is 0 Å². The van der Waals surface area contributed by atoms with E-state index in [1.54, 1.807) is 0 Å². The number of phosphoric ester groups is 2. The van der Waals surface area contributed by atoms with Crippen LogP contribution in [0.3, 0.4) is 0 Å². The van der Waals surface area contributed by atoms with Crippen molar-refractivity contribution < 1.29 is 80.2 Å². The number of carbonyl (C=O) groups is 4. The maximum Gasteiger partial charge on any atom is 0.472 e. The molecule has 0 aliphatic carbocycles. The molecule has 0 aliphatic rings. The SMILES string of the molecule is CCC(C)CCCCCCCCCCC(=O)O[C@H](COC(=O)CCCCCCCCCCCCC(C)C)COP(=O)(O)OC[C@@H](O)COP(=O)(O)OC[C@@H](COC(=O)CCCCCCCCC(C)C)OC(=O)CCCCCCCCCCCC(C)C. The summed E-state index contributed by atoms with van der Waals surface area (Å²) in [7, 11) is -9.90. The molecule has 0 rings (SSSR count). The van der Waals surface area contributed by atoms with Crippen LogP contribution in [0.15, 0.2) is 0 Å². The Morgan fingerprint density at radius 1 is 0.326 bits per heavy atom. The average molecular weight is 1270 g/mol. The van der Waals surface area contributed by atoms with Gasteiger partial charge in [-0.15, -0.1) is 0 Å². The third-order valence-corrected chi connectivity index (χ3v) is 17.6. The smallest absolute Gasteiger partial charge is 0.462 e. The van der Waals surface area contributed by atoms with Gasteiger partial charge in [0.15, 0.2) is 12.2 Å². The lowest BCUT2D eigenvalue weighted by Crippen LogP contribution is -2.30. The summed E-state index contributed by atoms with van der Waals surface area (Å²) in [5.74, 6) is 0.807. The van der Waals surface area contributed by atoms with Crippen LogP contribution in [-0.2, 0) is 65.4 Å². The van der Waals surface area contributed by atoms with E-state index in [2.05, 4.69) is 55.4 Å². The van der Waals surface area contributed by atoms with Crippen LogP contribution in [0.4, 0.5) is 0 Å². The van der Waals surface area contributed by atoms with Crippen molar-refractivity contribution in [2.24, 2.45) is 23.7 Å². The van der Waals surface area contributed by atoms with Gasteiger partial charge < -0.3 is 33.8 Å². The molecule has 86 heavy (non-hydrogen) atoms. The Morgan fingerprint density at radius 2 is 0.558 bits per heavy atom. The molecule has 19 heteroatoms. The highest BCUT2D eigenvalue weighted by molar-refractivity contribution is 7.47. The monoisotopic (exact) mass is 1270 g/mol. The molecule has 0 aromatic rings. The van der Waals surface area contributed by atoms with Gasteiger partial charge in [-0.2, -0.15) is 0 Å². The number of unbranched alkanes of at least 4 members (excludes halogenated alkanes) is 29. The fraction of sp³-hybridized carbons (Fsp3) is 0.940. The summed E-state index contributed by atoms with van der Waals surface area (Å²) in [6, 6.07) is 0. The van der Waals surface area contributed by atoms with Gasteiger partial charge in [-0.1, -0.05) is 274 Å². The van der Waals surface area contributed by atoms with Crippen LogP contribution in [0.5, 0.6) is 0 Å². The second kappa shape index (κ2) is 57.0. The molecule has 0 heterocycles. The van der Waals surface area contributed by atoms with Crippen LogP contribution in [0.25, 0.3) is 0 Å². The molecular weight excluding hydrogens is 1140 g/mol. The Bertz CT molecular complexity index is 1720. The normalized spacial score (nSPS) is 14.7. The van der Waals surface area contributed by atoms with E-state index in [0.29, 0.717) is 31.6 Å². The molecule has 0 aromatic heterocycles. The van der Waals surface area contributed by atoms with Crippen molar-refractivity contribution in [2.75, 3.05) is 39.6 Å². The fourth-order valence-corrected chi connectivity index (χ4v) is 11.5. The first-order valence-corrected chi connectivity index (χ1v) is 37.7. The maximum absolute atomic E-state index is 13.0. The summed E-state index contributed by atoms with van der Waals surface area (Å²) in [5, 5.41) is 10.6. The lowest BCUT2D eigenvalue weighted by atomic mass is 9.99. The molecule has 0 aromatic carbocycles. The molecule has 0 radical (unpaired) electrons. The second-order valence-corrected chi connectivity index (χ2v) is 28.8. The predicted molar refractivity (Wildman–Crippen MR) is 344 cm³/mol. The first-order chi connectivity index (χ1) is 41.1. The summed E-state index contributed by atoms with van der Waals surface area (Å²) < 4.78 is 68.1. The van der Waals surface area contributed by atoms with Crippen molar-refractivity contribution in [3.05, 3.63) is 0 Å². The maximum atomic E-state index is 13.0. The number of hydrogen-bond acceptors (Lipinski definition) is 15. The van der Waals surface area contributed by atoms with Gasteiger partial charge in [-0.25, -0.2) is 9.13 Å². The molecular formula is C67H130O17P2. The first-order valence-electron chi connectivity index (χ1n) is 34.7. The minimum Gasteiger partial charge on any atom is -0.462 e. The number of hydrogen-bond donors (Lipinski definition) is 3. The second-order valence-electron chi connectivity index (χ2n) is 25.9. The predicted octanol–water partition coefficient (Wildman–Crippen LogP) is 18.5. The quantitative estimate of drug-likeness (QED) is 0.0222. The van der Waals surface area contributed by atoms with Gasteiger partial charge in [-0.3, -0.25) is 37.3 Å². The van der Waals surface area contributed by atoms with Gasteiger partial charge in [0, 0.05) is 25.7 Å². The zero-order chi connectivity index (χ0) is 63.9. The number of rotatable bonds is 64. The van der Waals surface area contributed by atoms with Gasteiger partial charge >= 0.3 is 39.5 Å². The van der Waals surface area contributed by atoms with Crippen LogP contribution < -0.4 is 0 Å². The molecule has 0 saturated carbocycles. The van der Waals surface area contributed by atoms with E-state index in [1.165, 1.54) is 122 Å². The summed E-state index contributed by atoms with van der Waals surface area (Å²) in [5.41, 5.74) is 0. The number of esters is 4. The van der Waals surface area contributed by atoms with Crippen LogP contribution in [0, 0.1) is 23.7 Å². The Hall–Kier alpha value is -1.94. The summed E-state index contributed by atoms with van der Waals surface area (Å²) in [4.78, 5) is 72.4. The van der Waals surface area contributed by atoms with Crippen LogP contribution in [0.1, 0.15) is 325 Å². The topological polar surface area (TPSA) is 237 Å². The Balaban J connectivity index is 5.26. The van der Waals surface area contributed by atoms with E-state index in [4.69, 9.17) is 37.0 Å². The Labute approximate surface area is 524 Å². The standard InChI is InChI=1S/C67H130O17P2/c1-9-60(8)46-38-30-21-17-18-24-34-42-50-67(72)84-62(53-77-64(69)47-39-31-22-15-11-10-13-19-27-35-43-57(2)3)55-81-85(73,74)79-51-61(68)52-80-86(75,76)82-56-63(54-78-65(70)48-40-32-26-25-29-37-45-59(6)7)83-66(71)49-41-33-23-16-12-14-20-28-36-44-58(4)5/h57-63,68H,9-56H2,1-8H3,(H,73,74)(H,75,76)/t60?,61-,62-,63-/m1/s1. The molecule has 0 amide bonds. The summed E-state index contributed by atoms with van der Waals surface area (Å²) >= 11 is 0. The number of phosphoric acid groups is 2. The van der Waals surface area contributed by atoms with Gasteiger partial charge in [0.2, 0.25) is 0 Å². The number of ether oxygens (including phenoxy) is 4. The molecule has 0 aliphatic heterocycles. The zero-order valence-corrected chi connectivity index (χ0v) is 57.7. The van der Waals surface area contributed by atoms with E-state index in [9.17, 15) is 43.2 Å². The molecule has 0 bridgehead atoms. The first kappa shape index (κ1) is 84.1. The number of aliphatic hydroxyl groups is 1. The minimum atomic E-state index is -4.95. The highest BCUT2D eigenvalue weighted by atomic mass is 31.2. The summed E-state index contributed by atoms with van der Waals surface area (Å²) in [6.07, 6.45) is 37.7. The largest absolute Gasteiger partial charge is 0.472 e. The molecule has 3 N–H and O–H groups in total. The molecule has 17 nitrogen and oxygen atoms in total. The van der Waals surface area contributed by atoms with Crippen molar-refractivity contribution in [1.29, 1.82) is 0 Å². The van der Waals surface area contributed by atoms with Crippen LogP contribution >= 0.6 is 15.6 Å². The van der Waals surface area contributed by atoms with E-state index in [-0.39, 0.29) is 25.7 Å². The molecule has 3 unspecified atom stereocenters. The van der Waals surface area contributed by atoms with Crippen LogP contribution in [0.2, 0.25) is 0 Å². The third kappa shape index (κ3) is 59.7. The van der Waals surface area contributed by atoms with E-state index in [1.807, 2.05) is 0 Å². The number of aliphatic hydroxyl groups excluding tert-OH is 1. The van der Waals surface area contributed by atoms with E-state index >= 15 is 0 Å². The van der Waals surface area contributed by atoms with Gasteiger partial charge in [0.05, 0.1) is 26.4 Å². The lowest BCUT2D eigenvalue weighted by molar-refractivity contribution is -0.161. The van der Waals surface area contributed by atoms with Crippen molar-refractivity contribution in [1.82, 2.24) is 0 Å². The molecule has 0 fully saturated rings. The molecule has 510 valence electrons. The van der Waals surface area contributed by atoms with E-state index in [0.717, 1.165) is 114 Å². The molecule has 0 spiro atoms. The van der Waals surface area contributed by atoms with Crippen molar-refractivity contribution >= 4 is 39.5 Å². The molecule has 0 saturated heterocycles. The van der Waals surface area contributed by atoms with E-state index < -0.39 is 97.5 Å². The van der Waals surface area contributed by atoms with Crippen molar-refractivity contribution in [3.63, 3.8) is 0 Å². The third-order valence-electron chi connectivity index (χ3n) is 15.7. The lowest BCUT2D eigenvalue weighted by Gasteiger charge is -2.21. The van der Waals surface area contributed by atoms with Gasteiger partial charge in [0.25, 0.3) is 0 Å². The number of carbonyl (C=O) groups excluding carboxylic acids is 4. The highest BCUT2D eigenvalue weighted by Gasteiger charge is 2.30. The minimum absolute atomic E-state index is 0.104. The van der Waals surface area contributed by atoms with Gasteiger partial charge in [0.1, 0.15) is 19.3 Å². The highest BCUT2D eigenvalue weighted by Crippen LogP contribution is 2.45. The van der Waals surface area contributed by atoms with Gasteiger partial charge in [-0.05, 0) is 49.4 Å². The Kier molecular flexibility index (Phi) is 55.7. The molecule has 6 atom stereocenters. The fourth-order valence-electron chi connectivity index (χ4n) is 9.93. The Morgan fingerprint density at radius 3 is 0.826 bits per heavy atom.